The molecule has 1 unspecified atom stereocenters. The van der Waals surface area contributed by atoms with Crippen LogP contribution < -0.4 is 5.32 Å². The van der Waals surface area contributed by atoms with Gasteiger partial charge >= 0.3 is 12.4 Å². The largest absolute Gasteiger partial charge is 0.481 e. The van der Waals surface area contributed by atoms with E-state index in [9.17, 15) is 18.4 Å². The van der Waals surface area contributed by atoms with Gasteiger partial charge in [-0.15, -0.1) is 0 Å². The Hall–Kier alpha value is -1.20. The molecular formula is C12H21F2NO3. The minimum atomic E-state index is -3.00. The summed E-state index contributed by atoms with van der Waals surface area (Å²) in [5.74, 6) is -2.09. The molecule has 0 heterocycles. The van der Waals surface area contributed by atoms with E-state index in [0.29, 0.717) is 12.8 Å². The fourth-order valence-corrected chi connectivity index (χ4v) is 1.75. The smallest absolute Gasteiger partial charge is 0.315 e. The van der Waals surface area contributed by atoms with Crippen molar-refractivity contribution in [1.29, 1.82) is 0 Å². The van der Waals surface area contributed by atoms with Gasteiger partial charge in [-0.1, -0.05) is 20.8 Å². The summed E-state index contributed by atoms with van der Waals surface area (Å²) in [5.41, 5.74) is -0.120. The Bertz CT molecular complexity index is 288. The number of amides is 1. The number of nitrogens with one attached hydrogen (secondary N) is 1. The average molecular weight is 265 g/mol. The number of carbonyl (C=O) groups is 2. The number of carboxylic acid groups (broad SMARTS) is 1. The molecule has 0 bridgehead atoms. The molecule has 0 saturated carbocycles. The van der Waals surface area contributed by atoms with Crippen molar-refractivity contribution in [3.8, 4) is 0 Å². The Morgan fingerprint density at radius 1 is 1.22 bits per heavy atom. The van der Waals surface area contributed by atoms with Crippen LogP contribution in [0.1, 0.15) is 40.0 Å². The first-order valence-corrected chi connectivity index (χ1v) is 5.92. The molecule has 0 saturated heterocycles. The highest BCUT2D eigenvalue weighted by molar-refractivity contribution is 5.78. The van der Waals surface area contributed by atoms with Crippen LogP contribution in [0.3, 0.4) is 0 Å². The quantitative estimate of drug-likeness (QED) is 0.742. The topological polar surface area (TPSA) is 66.4 Å². The maximum Gasteiger partial charge on any atom is 0.315 e. The fraction of sp³-hybridized carbons (Fsp3) is 0.833. The molecule has 0 radical (unpaired) electrons. The van der Waals surface area contributed by atoms with E-state index in [1.807, 2.05) is 20.8 Å². The predicted octanol–water partition coefficient (Wildman–Crippen LogP) is 2.28. The molecule has 0 aliphatic heterocycles. The van der Waals surface area contributed by atoms with Gasteiger partial charge in [-0.25, -0.2) is 0 Å². The highest BCUT2D eigenvalue weighted by Gasteiger charge is 2.25. The van der Waals surface area contributed by atoms with E-state index in [1.54, 1.807) is 0 Å². The molecular weight excluding hydrogens is 244 g/mol. The number of halogens is 2. The van der Waals surface area contributed by atoms with Gasteiger partial charge in [0.15, 0.2) is 0 Å². The fourth-order valence-electron chi connectivity index (χ4n) is 1.75. The van der Waals surface area contributed by atoms with Crippen molar-refractivity contribution < 1.29 is 23.5 Å². The van der Waals surface area contributed by atoms with Gasteiger partial charge in [0, 0.05) is 13.0 Å². The summed E-state index contributed by atoms with van der Waals surface area (Å²) in [6.07, 6.45) is -1.99. The molecule has 0 rings (SSSR count). The molecule has 0 fully saturated rings. The summed E-state index contributed by atoms with van der Waals surface area (Å²) in [7, 11) is 0. The number of carbonyl (C=O) groups excluding carboxylic acids is 1. The van der Waals surface area contributed by atoms with Crippen molar-refractivity contribution in [2.75, 3.05) is 6.54 Å². The third-order valence-corrected chi connectivity index (χ3v) is 2.92. The second-order valence-electron chi connectivity index (χ2n) is 5.38. The van der Waals surface area contributed by atoms with E-state index in [2.05, 4.69) is 5.32 Å². The van der Waals surface area contributed by atoms with E-state index in [-0.39, 0.29) is 24.3 Å². The zero-order chi connectivity index (χ0) is 14.3. The zero-order valence-electron chi connectivity index (χ0n) is 11.0. The van der Waals surface area contributed by atoms with Gasteiger partial charge in [-0.05, 0) is 24.2 Å². The zero-order valence-corrected chi connectivity index (χ0v) is 11.0. The van der Waals surface area contributed by atoms with Crippen molar-refractivity contribution in [1.82, 2.24) is 5.32 Å². The molecule has 0 aliphatic rings. The van der Waals surface area contributed by atoms with Crippen LogP contribution in [0.5, 0.6) is 0 Å². The first-order chi connectivity index (χ1) is 8.14. The highest BCUT2D eigenvalue weighted by Crippen LogP contribution is 2.32. The number of hydrogen-bond acceptors (Lipinski definition) is 2. The van der Waals surface area contributed by atoms with Gasteiger partial charge in [0.1, 0.15) is 0 Å². The van der Waals surface area contributed by atoms with Gasteiger partial charge in [0.05, 0.1) is 0 Å². The van der Waals surface area contributed by atoms with Crippen LogP contribution in [-0.4, -0.2) is 30.0 Å². The van der Waals surface area contributed by atoms with Gasteiger partial charge in [-0.3, -0.25) is 9.59 Å². The van der Waals surface area contributed by atoms with Crippen LogP contribution in [0.2, 0.25) is 0 Å². The Kier molecular flexibility index (Phi) is 6.80. The molecule has 0 spiro atoms. The third-order valence-electron chi connectivity index (χ3n) is 2.92. The van der Waals surface area contributed by atoms with E-state index in [0.717, 1.165) is 0 Å². The lowest BCUT2D eigenvalue weighted by molar-refractivity contribution is -0.137. The first kappa shape index (κ1) is 16.8. The van der Waals surface area contributed by atoms with E-state index < -0.39 is 18.3 Å². The van der Waals surface area contributed by atoms with Gasteiger partial charge in [-0.2, -0.15) is 8.78 Å². The molecule has 2 N–H and O–H groups in total. The SMILES string of the molecule is CC(C)(C)C(CCNC(=O)C(F)F)CCC(=O)O. The van der Waals surface area contributed by atoms with Gasteiger partial charge < -0.3 is 10.4 Å². The number of carboxylic acids is 1. The van der Waals surface area contributed by atoms with Crippen molar-refractivity contribution >= 4 is 11.9 Å². The Labute approximate surface area is 106 Å². The Morgan fingerprint density at radius 3 is 2.17 bits per heavy atom. The van der Waals surface area contributed by atoms with Crippen molar-refractivity contribution in [3.63, 3.8) is 0 Å². The number of rotatable bonds is 7. The Balaban J connectivity index is 4.18. The predicted molar refractivity (Wildman–Crippen MR) is 63.4 cm³/mol. The molecule has 4 nitrogen and oxygen atoms in total. The summed E-state index contributed by atoms with van der Waals surface area (Å²) in [4.78, 5) is 21.2. The third kappa shape index (κ3) is 7.19. The van der Waals surface area contributed by atoms with E-state index in [1.165, 1.54) is 0 Å². The maximum absolute atomic E-state index is 12.0. The van der Waals surface area contributed by atoms with Crippen molar-refractivity contribution in [2.24, 2.45) is 11.3 Å². The van der Waals surface area contributed by atoms with E-state index in [4.69, 9.17) is 5.11 Å². The molecule has 0 aromatic carbocycles. The summed E-state index contributed by atoms with van der Waals surface area (Å²) in [6, 6.07) is 0. The molecule has 0 aliphatic carbocycles. The number of alkyl halides is 2. The summed E-state index contributed by atoms with van der Waals surface area (Å²) >= 11 is 0. The normalized spacial score (nSPS) is 13.4. The standard InChI is InChI=1S/C12H21F2NO3/c1-12(2,3)8(4-5-9(16)17)6-7-15-11(18)10(13)14/h8,10H,4-7H2,1-3H3,(H,15,18)(H,16,17). The van der Waals surface area contributed by atoms with Crippen LogP contribution in [0.4, 0.5) is 8.78 Å². The van der Waals surface area contributed by atoms with E-state index >= 15 is 0 Å². The average Bonchev–Trinajstić information content (AvgIpc) is 2.20. The lowest BCUT2D eigenvalue weighted by Crippen LogP contribution is -2.33. The molecule has 0 aromatic rings. The summed E-state index contributed by atoms with van der Waals surface area (Å²) in [5, 5.41) is 10.8. The molecule has 0 aromatic heterocycles. The molecule has 106 valence electrons. The second kappa shape index (κ2) is 7.28. The van der Waals surface area contributed by atoms with Crippen molar-refractivity contribution in [2.45, 2.75) is 46.5 Å². The Morgan fingerprint density at radius 2 is 1.78 bits per heavy atom. The maximum atomic E-state index is 12.0. The molecule has 6 heteroatoms. The lowest BCUT2D eigenvalue weighted by atomic mass is 9.76. The molecule has 18 heavy (non-hydrogen) atoms. The summed E-state index contributed by atoms with van der Waals surface area (Å²) < 4.78 is 23.9. The minimum absolute atomic E-state index is 0.0464. The van der Waals surface area contributed by atoms with Gasteiger partial charge in [0.2, 0.25) is 0 Å². The monoisotopic (exact) mass is 265 g/mol. The summed E-state index contributed by atoms with van der Waals surface area (Å²) in [6.45, 7) is 6.04. The van der Waals surface area contributed by atoms with Crippen LogP contribution in [0.25, 0.3) is 0 Å². The minimum Gasteiger partial charge on any atom is -0.481 e. The lowest BCUT2D eigenvalue weighted by Gasteiger charge is -2.30. The number of hydrogen-bond donors (Lipinski definition) is 2. The van der Waals surface area contributed by atoms with Gasteiger partial charge in [0.25, 0.3) is 5.91 Å². The van der Waals surface area contributed by atoms with Crippen molar-refractivity contribution in [3.05, 3.63) is 0 Å². The molecule has 1 amide bonds. The van der Waals surface area contributed by atoms with Crippen LogP contribution in [-0.2, 0) is 9.59 Å². The van der Waals surface area contributed by atoms with Crippen LogP contribution in [0.15, 0.2) is 0 Å². The first-order valence-electron chi connectivity index (χ1n) is 5.92. The second-order valence-corrected chi connectivity index (χ2v) is 5.38. The molecule has 1 atom stereocenters. The van der Waals surface area contributed by atoms with Crippen LogP contribution in [0, 0.1) is 11.3 Å². The highest BCUT2D eigenvalue weighted by atomic mass is 19.3. The van der Waals surface area contributed by atoms with Crippen LogP contribution >= 0.6 is 0 Å². The number of aliphatic carboxylic acids is 1.